The Morgan fingerprint density at radius 1 is 0.885 bits per heavy atom. The van der Waals surface area contributed by atoms with Crippen LogP contribution in [0.1, 0.15) is 5.56 Å². The Balaban J connectivity index is 0.00000169. The van der Waals surface area contributed by atoms with E-state index in [1.807, 2.05) is 54.6 Å². The summed E-state index contributed by atoms with van der Waals surface area (Å²) in [6, 6.07) is 17.5. The maximum atomic E-state index is 12.3. The summed E-state index contributed by atoms with van der Waals surface area (Å²) in [5.41, 5.74) is 1.04. The van der Waals surface area contributed by atoms with Crippen LogP contribution in [0.3, 0.4) is 0 Å². The van der Waals surface area contributed by atoms with Crippen LogP contribution >= 0.6 is 24.8 Å². The lowest BCUT2D eigenvalue weighted by molar-refractivity contribution is -0.119. The van der Waals surface area contributed by atoms with Gasteiger partial charge in [-0.05, 0) is 36.9 Å². The molecule has 1 saturated heterocycles. The van der Waals surface area contributed by atoms with Gasteiger partial charge >= 0.3 is 0 Å². The van der Waals surface area contributed by atoms with Gasteiger partial charge in [0.05, 0.1) is 6.54 Å². The molecular formula is C20H26Cl2N2O2. The second-order valence-electron chi connectivity index (χ2n) is 6.35. The average molecular weight is 397 g/mol. The third-order valence-electron chi connectivity index (χ3n) is 4.30. The van der Waals surface area contributed by atoms with Crippen LogP contribution in [0.2, 0.25) is 0 Å². The van der Waals surface area contributed by atoms with Crippen molar-refractivity contribution in [2.45, 2.75) is 6.42 Å². The third-order valence-corrected chi connectivity index (χ3v) is 4.30. The normalized spacial score (nSPS) is 14.8. The van der Waals surface area contributed by atoms with E-state index in [-0.39, 0.29) is 30.6 Å². The number of carbonyl (C=O) groups is 1. The smallest absolute Gasteiger partial charge is 0.151 e. The molecule has 4 nitrogen and oxygen atoms in total. The van der Waals surface area contributed by atoms with Crippen LogP contribution in [0.25, 0.3) is 0 Å². The number of nitrogens with zero attached hydrogens (tertiary/aromatic N) is 2. The number of hydrogen-bond donors (Lipinski definition) is 0. The topological polar surface area (TPSA) is 32.8 Å². The highest BCUT2D eigenvalue weighted by Crippen LogP contribution is 2.21. The minimum Gasteiger partial charge on any atom is -0.457 e. The van der Waals surface area contributed by atoms with Crippen molar-refractivity contribution in [1.29, 1.82) is 0 Å². The Morgan fingerprint density at radius 3 is 2.08 bits per heavy atom. The number of para-hydroxylation sites is 1. The Morgan fingerprint density at radius 2 is 1.46 bits per heavy atom. The van der Waals surface area contributed by atoms with Gasteiger partial charge in [-0.25, -0.2) is 0 Å². The summed E-state index contributed by atoms with van der Waals surface area (Å²) in [5.74, 6) is 1.88. The van der Waals surface area contributed by atoms with E-state index >= 15 is 0 Å². The van der Waals surface area contributed by atoms with Gasteiger partial charge in [0.15, 0.2) is 5.78 Å². The fourth-order valence-corrected chi connectivity index (χ4v) is 2.84. The van der Waals surface area contributed by atoms with E-state index in [0.29, 0.717) is 13.0 Å². The molecule has 2 aromatic rings. The van der Waals surface area contributed by atoms with E-state index in [1.54, 1.807) is 0 Å². The SMILES string of the molecule is CN1CCN(CC(=O)Cc2ccc(Oc3ccccc3)cc2)CC1.Cl.Cl. The van der Waals surface area contributed by atoms with Gasteiger partial charge in [0.2, 0.25) is 0 Å². The molecule has 0 N–H and O–H groups in total. The fraction of sp³-hybridized carbons (Fsp3) is 0.350. The molecule has 1 aliphatic heterocycles. The molecule has 0 unspecified atom stereocenters. The van der Waals surface area contributed by atoms with E-state index in [2.05, 4.69) is 16.8 Å². The quantitative estimate of drug-likeness (QED) is 0.745. The zero-order chi connectivity index (χ0) is 16.8. The predicted octanol–water partition coefficient (Wildman–Crippen LogP) is 3.68. The van der Waals surface area contributed by atoms with Crippen LogP contribution in [0.5, 0.6) is 11.5 Å². The first-order valence-electron chi connectivity index (χ1n) is 8.43. The van der Waals surface area contributed by atoms with Crippen LogP contribution in [0, 0.1) is 0 Å². The second-order valence-corrected chi connectivity index (χ2v) is 6.35. The van der Waals surface area contributed by atoms with Crippen molar-refractivity contribution in [3.05, 3.63) is 60.2 Å². The van der Waals surface area contributed by atoms with Gasteiger partial charge in [-0.3, -0.25) is 9.69 Å². The lowest BCUT2D eigenvalue weighted by atomic mass is 10.1. The van der Waals surface area contributed by atoms with Crippen molar-refractivity contribution in [3.8, 4) is 11.5 Å². The lowest BCUT2D eigenvalue weighted by Gasteiger charge is -2.31. The van der Waals surface area contributed by atoms with E-state index in [4.69, 9.17) is 4.74 Å². The van der Waals surface area contributed by atoms with Crippen molar-refractivity contribution in [1.82, 2.24) is 9.80 Å². The van der Waals surface area contributed by atoms with Crippen molar-refractivity contribution in [2.24, 2.45) is 0 Å². The summed E-state index contributed by atoms with van der Waals surface area (Å²) in [5, 5.41) is 0. The molecule has 142 valence electrons. The van der Waals surface area contributed by atoms with Crippen LogP contribution in [0.4, 0.5) is 0 Å². The van der Waals surface area contributed by atoms with Gasteiger partial charge in [0.1, 0.15) is 11.5 Å². The maximum Gasteiger partial charge on any atom is 0.151 e. The molecule has 0 aromatic heterocycles. The number of benzene rings is 2. The molecule has 0 radical (unpaired) electrons. The molecule has 0 spiro atoms. The van der Waals surface area contributed by atoms with Gasteiger partial charge in [-0.1, -0.05) is 30.3 Å². The lowest BCUT2D eigenvalue weighted by Crippen LogP contribution is -2.46. The minimum atomic E-state index is 0. The molecule has 2 aromatic carbocycles. The molecule has 0 aliphatic carbocycles. The summed E-state index contributed by atoms with van der Waals surface area (Å²) in [6.07, 6.45) is 0.484. The average Bonchev–Trinajstić information content (AvgIpc) is 2.60. The van der Waals surface area contributed by atoms with Crippen LogP contribution in [-0.4, -0.2) is 55.4 Å². The number of halogens is 2. The highest BCUT2D eigenvalue weighted by atomic mass is 35.5. The summed E-state index contributed by atoms with van der Waals surface area (Å²) in [6.45, 7) is 4.59. The summed E-state index contributed by atoms with van der Waals surface area (Å²) < 4.78 is 5.77. The van der Waals surface area contributed by atoms with Gasteiger partial charge in [0, 0.05) is 32.6 Å². The Bertz CT molecular complexity index is 657. The highest BCUT2D eigenvalue weighted by Gasteiger charge is 2.16. The molecule has 0 bridgehead atoms. The largest absolute Gasteiger partial charge is 0.457 e. The minimum absolute atomic E-state index is 0. The van der Waals surface area contributed by atoms with Crippen molar-refractivity contribution in [3.63, 3.8) is 0 Å². The Kier molecular flexibility index (Phi) is 9.66. The van der Waals surface area contributed by atoms with Gasteiger partial charge in [-0.15, -0.1) is 24.8 Å². The zero-order valence-corrected chi connectivity index (χ0v) is 16.6. The number of ketones is 1. The monoisotopic (exact) mass is 396 g/mol. The van der Waals surface area contributed by atoms with E-state index in [9.17, 15) is 4.79 Å². The van der Waals surface area contributed by atoms with Crippen LogP contribution < -0.4 is 4.74 Å². The van der Waals surface area contributed by atoms with Crippen molar-refractivity contribution >= 4 is 30.6 Å². The molecule has 1 heterocycles. The Hall–Kier alpha value is -1.59. The molecule has 0 saturated carbocycles. The van der Waals surface area contributed by atoms with Crippen LogP contribution in [-0.2, 0) is 11.2 Å². The molecule has 0 atom stereocenters. The number of ether oxygens (including phenoxy) is 1. The zero-order valence-electron chi connectivity index (χ0n) is 15.0. The molecule has 1 fully saturated rings. The van der Waals surface area contributed by atoms with E-state index in [0.717, 1.165) is 43.2 Å². The van der Waals surface area contributed by atoms with Crippen molar-refractivity contribution < 1.29 is 9.53 Å². The first-order valence-corrected chi connectivity index (χ1v) is 8.43. The first-order chi connectivity index (χ1) is 11.7. The number of Topliss-reactive ketones (excluding diaryl/α,β-unsaturated/α-hetero) is 1. The number of piperazine rings is 1. The van der Waals surface area contributed by atoms with Crippen LogP contribution in [0.15, 0.2) is 54.6 Å². The van der Waals surface area contributed by atoms with Gasteiger partial charge in [-0.2, -0.15) is 0 Å². The molecule has 0 amide bonds. The second kappa shape index (κ2) is 11.2. The molecule has 1 aliphatic rings. The first kappa shape index (κ1) is 22.5. The maximum absolute atomic E-state index is 12.3. The summed E-state index contributed by atoms with van der Waals surface area (Å²) in [7, 11) is 2.12. The van der Waals surface area contributed by atoms with E-state index < -0.39 is 0 Å². The highest BCUT2D eigenvalue weighted by molar-refractivity contribution is 5.85. The standard InChI is InChI=1S/C20H24N2O2.2ClH/c1-21-11-13-22(14-12-21)16-18(23)15-17-7-9-20(10-8-17)24-19-5-3-2-4-6-19;;/h2-10H,11-16H2,1H3;2*1H. The molecule has 6 heteroatoms. The molecule has 3 rings (SSSR count). The van der Waals surface area contributed by atoms with Gasteiger partial charge in [0.25, 0.3) is 0 Å². The predicted molar refractivity (Wildman–Crippen MR) is 110 cm³/mol. The number of carbonyl (C=O) groups excluding carboxylic acids is 1. The summed E-state index contributed by atoms with van der Waals surface area (Å²) >= 11 is 0. The Labute approximate surface area is 168 Å². The fourth-order valence-electron chi connectivity index (χ4n) is 2.84. The third kappa shape index (κ3) is 6.96. The van der Waals surface area contributed by atoms with E-state index in [1.165, 1.54) is 0 Å². The molecule has 26 heavy (non-hydrogen) atoms. The number of rotatable bonds is 6. The van der Waals surface area contributed by atoms with Gasteiger partial charge < -0.3 is 9.64 Å². The number of hydrogen-bond acceptors (Lipinski definition) is 4. The van der Waals surface area contributed by atoms with Crippen molar-refractivity contribution in [2.75, 3.05) is 39.8 Å². The number of likely N-dealkylation sites (N-methyl/N-ethyl adjacent to an activating group) is 1. The molecular weight excluding hydrogens is 371 g/mol. The summed E-state index contributed by atoms with van der Waals surface area (Å²) in [4.78, 5) is 16.8.